The molecule has 0 aromatic heterocycles. The van der Waals surface area contributed by atoms with Crippen molar-refractivity contribution in [1.29, 1.82) is 0 Å². The lowest BCUT2D eigenvalue weighted by molar-refractivity contribution is -0.160. The summed E-state index contributed by atoms with van der Waals surface area (Å²) in [4.78, 5) is 29.1. The molecule has 1 saturated heterocycles. The molecule has 8 heteroatoms. The summed E-state index contributed by atoms with van der Waals surface area (Å²) in [6.07, 6.45) is 10.1. The Morgan fingerprint density at radius 3 is 2.27 bits per heavy atom. The van der Waals surface area contributed by atoms with Crippen molar-refractivity contribution in [2.24, 2.45) is 23.2 Å². The Labute approximate surface area is 195 Å². The first-order valence-corrected chi connectivity index (χ1v) is 14.0. The first kappa shape index (κ1) is 21.6. The van der Waals surface area contributed by atoms with Gasteiger partial charge in [-0.3, -0.25) is 9.59 Å². The molecule has 178 valence electrons. The normalized spacial score (nSPS) is 35.1. The molecule has 1 aliphatic heterocycles. The molecular weight excluding hydrogens is 438 g/mol. The molecule has 1 aromatic rings. The third-order valence-electron chi connectivity index (χ3n) is 8.62. The molecule has 7 nitrogen and oxygen atoms in total. The summed E-state index contributed by atoms with van der Waals surface area (Å²) >= 11 is 0. The van der Waals surface area contributed by atoms with E-state index in [2.05, 4.69) is 10.0 Å². The molecule has 6 fully saturated rings. The quantitative estimate of drug-likeness (QED) is 0.666. The van der Waals surface area contributed by atoms with Crippen molar-refractivity contribution in [3.63, 3.8) is 0 Å². The number of anilines is 1. The van der Waals surface area contributed by atoms with Gasteiger partial charge < -0.3 is 10.2 Å². The van der Waals surface area contributed by atoms with Gasteiger partial charge in [0.15, 0.2) is 0 Å². The first-order valence-electron chi connectivity index (χ1n) is 12.6. The fourth-order valence-corrected chi connectivity index (χ4v) is 8.77. The van der Waals surface area contributed by atoms with Gasteiger partial charge in [0.05, 0.1) is 10.3 Å². The van der Waals surface area contributed by atoms with E-state index in [0.717, 1.165) is 38.5 Å². The summed E-state index contributed by atoms with van der Waals surface area (Å²) in [6, 6.07) is 5.94. The van der Waals surface area contributed by atoms with Crippen LogP contribution in [0.1, 0.15) is 64.2 Å². The lowest BCUT2D eigenvalue weighted by Gasteiger charge is -2.56. The van der Waals surface area contributed by atoms with Crippen LogP contribution in [-0.4, -0.2) is 43.8 Å². The number of nitrogens with one attached hydrogen (secondary N) is 2. The van der Waals surface area contributed by atoms with Crippen LogP contribution in [0.5, 0.6) is 0 Å². The van der Waals surface area contributed by atoms with Gasteiger partial charge in [-0.25, -0.2) is 13.1 Å². The number of carbonyl (C=O) groups is 2. The van der Waals surface area contributed by atoms with Crippen LogP contribution in [0.15, 0.2) is 29.2 Å². The van der Waals surface area contributed by atoms with Crippen LogP contribution in [0.4, 0.5) is 5.69 Å². The first-order chi connectivity index (χ1) is 15.8. The maximum absolute atomic E-state index is 13.8. The molecule has 5 aliphatic carbocycles. The van der Waals surface area contributed by atoms with Crippen LogP contribution in [-0.2, 0) is 19.6 Å². The number of hydrogen-bond donors (Lipinski definition) is 2. The van der Waals surface area contributed by atoms with Gasteiger partial charge in [0.25, 0.3) is 0 Å². The summed E-state index contributed by atoms with van der Waals surface area (Å²) in [7, 11) is -3.59. The third kappa shape index (κ3) is 3.99. The molecule has 1 heterocycles. The molecule has 7 rings (SSSR count). The average molecular weight is 472 g/mol. The largest absolute Gasteiger partial charge is 0.330 e. The molecular formula is C25H33N3O4S. The van der Waals surface area contributed by atoms with Crippen molar-refractivity contribution in [3.05, 3.63) is 24.3 Å². The standard InChI is InChI=1S/C25H33N3O4S/c29-23(26-20-3-1-4-21(12-20)33(31,32)27-19-6-7-19)22-5-2-8-28(22)24(30)25-13-16-9-17(14-25)11-18(10-16)15-25/h1,3-4,12,16-19,22,27H,2,5-11,13-15H2,(H,26,29)/t16?,17?,18?,22-,25?/m0/s1. The van der Waals surface area contributed by atoms with Gasteiger partial charge in [-0.05, 0) is 100 Å². The molecule has 0 spiro atoms. The topological polar surface area (TPSA) is 95.6 Å². The van der Waals surface area contributed by atoms with Crippen LogP contribution in [0.3, 0.4) is 0 Å². The Kier molecular flexibility index (Phi) is 5.11. The zero-order valence-corrected chi connectivity index (χ0v) is 19.8. The van der Waals surface area contributed by atoms with E-state index in [1.165, 1.54) is 25.3 Å². The fraction of sp³-hybridized carbons (Fsp3) is 0.680. The monoisotopic (exact) mass is 471 g/mol. The van der Waals surface area contributed by atoms with E-state index < -0.39 is 16.1 Å². The Morgan fingerprint density at radius 1 is 0.970 bits per heavy atom. The van der Waals surface area contributed by atoms with Crippen LogP contribution >= 0.6 is 0 Å². The van der Waals surface area contributed by atoms with Gasteiger partial charge in [0.2, 0.25) is 21.8 Å². The lowest BCUT2D eigenvalue weighted by Crippen LogP contribution is -2.56. The van der Waals surface area contributed by atoms with E-state index in [4.69, 9.17) is 0 Å². The molecule has 6 aliphatic rings. The Morgan fingerprint density at radius 2 is 1.64 bits per heavy atom. The van der Waals surface area contributed by atoms with Gasteiger partial charge in [-0.2, -0.15) is 0 Å². The van der Waals surface area contributed by atoms with Crippen LogP contribution in [0, 0.1) is 23.2 Å². The maximum Gasteiger partial charge on any atom is 0.247 e. The van der Waals surface area contributed by atoms with E-state index in [0.29, 0.717) is 36.4 Å². The number of amides is 2. The van der Waals surface area contributed by atoms with E-state index in [1.807, 2.05) is 4.90 Å². The second-order valence-corrected chi connectivity index (χ2v) is 13.0. The molecule has 33 heavy (non-hydrogen) atoms. The molecule has 0 radical (unpaired) electrons. The summed E-state index contributed by atoms with van der Waals surface area (Å²) < 4.78 is 27.8. The van der Waals surface area contributed by atoms with Crippen molar-refractivity contribution in [2.75, 3.05) is 11.9 Å². The predicted octanol–water partition coefficient (Wildman–Crippen LogP) is 3.27. The zero-order valence-electron chi connectivity index (χ0n) is 19.0. The van der Waals surface area contributed by atoms with Crippen LogP contribution in [0.25, 0.3) is 0 Å². The highest BCUT2D eigenvalue weighted by molar-refractivity contribution is 7.89. The zero-order chi connectivity index (χ0) is 22.8. The van der Waals surface area contributed by atoms with Gasteiger partial charge in [0.1, 0.15) is 6.04 Å². The van der Waals surface area contributed by atoms with Crippen LogP contribution in [0.2, 0.25) is 0 Å². The molecule has 1 aromatic carbocycles. The number of benzene rings is 1. The number of sulfonamides is 1. The minimum absolute atomic E-state index is 0.0240. The van der Waals surface area contributed by atoms with E-state index in [9.17, 15) is 18.0 Å². The van der Waals surface area contributed by atoms with Crippen molar-refractivity contribution >= 4 is 27.5 Å². The Bertz CT molecular complexity index is 1050. The molecule has 2 amide bonds. The molecule has 0 unspecified atom stereocenters. The maximum atomic E-state index is 13.8. The lowest BCUT2D eigenvalue weighted by atomic mass is 9.49. The van der Waals surface area contributed by atoms with Gasteiger partial charge >= 0.3 is 0 Å². The minimum Gasteiger partial charge on any atom is -0.330 e. The van der Waals surface area contributed by atoms with Crippen molar-refractivity contribution < 1.29 is 18.0 Å². The highest BCUT2D eigenvalue weighted by Gasteiger charge is 2.56. The second kappa shape index (κ2) is 7.80. The Hall–Kier alpha value is -1.93. The molecule has 2 N–H and O–H groups in total. The van der Waals surface area contributed by atoms with Gasteiger partial charge in [0, 0.05) is 18.3 Å². The number of nitrogens with zero attached hydrogens (tertiary/aromatic N) is 1. The number of hydrogen-bond acceptors (Lipinski definition) is 4. The van der Waals surface area contributed by atoms with E-state index >= 15 is 0 Å². The summed E-state index contributed by atoms with van der Waals surface area (Å²) in [5.74, 6) is 2.04. The summed E-state index contributed by atoms with van der Waals surface area (Å²) in [5, 5.41) is 2.90. The fourth-order valence-electron chi connectivity index (χ4n) is 7.41. The third-order valence-corrected chi connectivity index (χ3v) is 10.1. The Balaban J connectivity index is 1.17. The second-order valence-electron chi connectivity index (χ2n) is 11.3. The highest BCUT2D eigenvalue weighted by Crippen LogP contribution is 2.60. The van der Waals surface area contributed by atoms with Crippen LogP contribution < -0.4 is 10.0 Å². The SMILES string of the molecule is O=C(Nc1cccc(S(=O)(=O)NC2CC2)c1)[C@@H]1CCCN1C(=O)C12CC3CC(CC(C3)C1)C2. The van der Waals surface area contributed by atoms with Crippen molar-refractivity contribution in [2.45, 2.75) is 81.2 Å². The smallest absolute Gasteiger partial charge is 0.247 e. The van der Waals surface area contributed by atoms with Gasteiger partial charge in [-0.1, -0.05) is 6.07 Å². The van der Waals surface area contributed by atoms with Crippen molar-refractivity contribution in [1.82, 2.24) is 9.62 Å². The number of carbonyl (C=O) groups excluding carboxylic acids is 2. The molecule has 1 atom stereocenters. The highest BCUT2D eigenvalue weighted by atomic mass is 32.2. The number of rotatable bonds is 6. The predicted molar refractivity (Wildman–Crippen MR) is 124 cm³/mol. The molecule has 4 bridgehead atoms. The minimum atomic E-state index is -3.59. The van der Waals surface area contributed by atoms with E-state index in [1.54, 1.807) is 18.2 Å². The number of likely N-dealkylation sites (tertiary alicyclic amines) is 1. The average Bonchev–Trinajstić information content (AvgIpc) is 3.42. The summed E-state index contributed by atoms with van der Waals surface area (Å²) in [6.45, 7) is 0.637. The molecule has 5 saturated carbocycles. The van der Waals surface area contributed by atoms with Crippen molar-refractivity contribution in [3.8, 4) is 0 Å². The van der Waals surface area contributed by atoms with Gasteiger partial charge in [-0.15, -0.1) is 0 Å². The van der Waals surface area contributed by atoms with E-state index in [-0.39, 0.29) is 28.2 Å². The summed E-state index contributed by atoms with van der Waals surface area (Å²) in [5.41, 5.74) is 0.202.